The normalized spacial score (nSPS) is 32.8. The molecule has 110 heavy (non-hydrogen) atoms. The van der Waals surface area contributed by atoms with Gasteiger partial charge in [-0.25, -0.2) is 0 Å². The van der Waals surface area contributed by atoms with E-state index in [4.69, 9.17) is 0 Å². The molecule has 10 aliphatic carbocycles. The van der Waals surface area contributed by atoms with Crippen molar-refractivity contribution in [2.45, 2.75) is 420 Å². The molecule has 0 saturated heterocycles. The Labute approximate surface area is 681 Å². The number of benzene rings is 5. The first-order valence-corrected chi connectivity index (χ1v) is 49.1. The highest BCUT2D eigenvalue weighted by atomic mass is 14.4. The smallest absolute Gasteiger partial charge is 0.0162 e. The Kier molecular flexibility index (Phi) is 36.9. The van der Waals surface area contributed by atoms with Crippen LogP contribution >= 0.6 is 0 Å². The fourth-order valence-corrected chi connectivity index (χ4v) is 25.1. The van der Waals surface area contributed by atoms with Crippen LogP contribution in [0.15, 0.2) is 121 Å². The summed E-state index contributed by atoms with van der Waals surface area (Å²) >= 11 is 0. The first-order chi connectivity index (χ1) is 53.8. The Balaban J connectivity index is 0.000000137. The van der Waals surface area contributed by atoms with Crippen molar-refractivity contribution < 1.29 is 0 Å². The van der Waals surface area contributed by atoms with E-state index in [-0.39, 0.29) is 0 Å². The molecule has 5 aromatic rings. The Bertz CT molecular complexity index is 3150. The van der Waals surface area contributed by atoms with Crippen molar-refractivity contribution in [3.63, 3.8) is 0 Å². The minimum absolute atomic E-state index is 0.840. The molecule has 5 aromatic carbocycles. The van der Waals surface area contributed by atoms with Crippen LogP contribution in [0.1, 0.15) is 441 Å². The SMILES string of the molecule is CCC1CCC(C2CCC(c3ccc(C)cc3)CC2)CC1.CCCC1CCC(C2CCC(c3ccc(C)cc3)CC2)CC1.CCCCC1CCC(C2CCC(c3ccc(C)cc3)CC2)CC1.CCCCCC1CCC(C2CCC(c3ccc(C)cc3)CC2)CC1.Cc1ccc(C2CCC(C3CCC(C)CC3)CC2)cc1. The van der Waals surface area contributed by atoms with E-state index in [1.165, 1.54) is 349 Å². The molecule has 0 aliphatic heterocycles. The molecule has 0 unspecified atom stereocenters. The van der Waals surface area contributed by atoms with Gasteiger partial charge >= 0.3 is 0 Å². The molecule has 10 saturated carbocycles. The van der Waals surface area contributed by atoms with Crippen molar-refractivity contribution in [2.75, 3.05) is 0 Å². The fraction of sp³-hybridized carbons (Fsp3) is 0.727. The van der Waals surface area contributed by atoms with Crippen LogP contribution in [-0.2, 0) is 0 Å². The lowest BCUT2D eigenvalue weighted by Crippen LogP contribution is -2.25. The molecule has 10 fully saturated rings. The van der Waals surface area contributed by atoms with E-state index in [9.17, 15) is 0 Å². The van der Waals surface area contributed by atoms with E-state index in [1.807, 2.05) is 0 Å². The molecule has 0 radical (unpaired) electrons. The van der Waals surface area contributed by atoms with Gasteiger partial charge in [0, 0.05) is 0 Å². The summed E-state index contributed by atoms with van der Waals surface area (Å²) in [6.07, 6.45) is 74.1. The van der Waals surface area contributed by atoms with Gasteiger partial charge < -0.3 is 0 Å². The van der Waals surface area contributed by atoms with Crippen molar-refractivity contribution in [3.05, 3.63) is 177 Å². The van der Waals surface area contributed by atoms with E-state index < -0.39 is 0 Å². The summed E-state index contributed by atoms with van der Waals surface area (Å²) in [6, 6.07) is 46.6. The van der Waals surface area contributed by atoms with Crippen LogP contribution in [-0.4, -0.2) is 0 Å². The summed E-state index contributed by atoms with van der Waals surface area (Å²) in [5.41, 5.74) is 14.9. The summed E-state index contributed by atoms with van der Waals surface area (Å²) in [5.74, 6) is 20.0. The zero-order valence-corrected chi connectivity index (χ0v) is 73.4. The van der Waals surface area contributed by atoms with Crippen LogP contribution in [0.5, 0.6) is 0 Å². The Morgan fingerprint density at radius 2 is 0.382 bits per heavy atom. The Morgan fingerprint density at radius 3 is 0.591 bits per heavy atom. The van der Waals surface area contributed by atoms with E-state index in [1.54, 1.807) is 27.8 Å². The third-order valence-corrected chi connectivity index (χ3v) is 33.0. The third-order valence-electron chi connectivity index (χ3n) is 33.0. The number of hydrogen-bond acceptors (Lipinski definition) is 0. The molecule has 15 rings (SSSR count). The highest BCUT2D eigenvalue weighted by Crippen LogP contribution is 2.51. The second-order valence-corrected chi connectivity index (χ2v) is 40.6. The zero-order chi connectivity index (χ0) is 76.8. The first-order valence-electron chi connectivity index (χ1n) is 49.1. The van der Waals surface area contributed by atoms with Crippen LogP contribution in [0.3, 0.4) is 0 Å². The molecule has 0 atom stereocenters. The van der Waals surface area contributed by atoms with Crippen LogP contribution in [0, 0.1) is 123 Å². The Hall–Kier alpha value is -3.90. The number of hydrogen-bond donors (Lipinski definition) is 0. The quantitative estimate of drug-likeness (QED) is 0.0682. The minimum atomic E-state index is 0.840. The molecule has 610 valence electrons. The lowest BCUT2D eigenvalue weighted by Gasteiger charge is -2.38. The van der Waals surface area contributed by atoms with Gasteiger partial charge in [-0.2, -0.15) is 0 Å². The van der Waals surface area contributed by atoms with Crippen LogP contribution in [0.25, 0.3) is 0 Å². The molecular formula is C110H170. The monoisotopic (exact) mass is 1490 g/mol. The highest BCUT2D eigenvalue weighted by Gasteiger charge is 2.37. The van der Waals surface area contributed by atoms with Crippen molar-refractivity contribution in [3.8, 4) is 0 Å². The summed E-state index contributed by atoms with van der Waals surface area (Å²) in [6.45, 7) is 22.8. The molecule has 0 N–H and O–H groups in total. The maximum Gasteiger partial charge on any atom is -0.0162 e. The van der Waals surface area contributed by atoms with Crippen molar-refractivity contribution >= 4 is 0 Å². The summed E-state index contributed by atoms with van der Waals surface area (Å²) in [7, 11) is 0. The maximum atomic E-state index is 2.44. The van der Waals surface area contributed by atoms with Crippen molar-refractivity contribution in [2.24, 2.45) is 88.8 Å². The van der Waals surface area contributed by atoms with Crippen LogP contribution in [0.4, 0.5) is 0 Å². The average Bonchev–Trinajstić information content (AvgIpc) is 0.852. The van der Waals surface area contributed by atoms with Gasteiger partial charge in [0.2, 0.25) is 0 Å². The van der Waals surface area contributed by atoms with E-state index in [2.05, 4.69) is 191 Å². The molecule has 0 nitrogen and oxygen atoms in total. The van der Waals surface area contributed by atoms with Gasteiger partial charge in [0.05, 0.1) is 0 Å². The van der Waals surface area contributed by atoms with E-state index >= 15 is 0 Å². The molecule has 0 aromatic heterocycles. The van der Waals surface area contributed by atoms with Gasteiger partial charge in [-0.1, -0.05) is 312 Å². The Morgan fingerprint density at radius 1 is 0.191 bits per heavy atom. The molecule has 0 spiro atoms. The third kappa shape index (κ3) is 27.6. The van der Waals surface area contributed by atoms with Gasteiger partial charge in [0.15, 0.2) is 0 Å². The summed E-state index contributed by atoms with van der Waals surface area (Å²) in [5, 5.41) is 0. The van der Waals surface area contributed by atoms with E-state index in [0.29, 0.717) is 0 Å². The molecule has 10 aliphatic rings. The topological polar surface area (TPSA) is 0 Å². The number of unbranched alkanes of at least 4 members (excludes halogenated alkanes) is 3. The van der Waals surface area contributed by atoms with Gasteiger partial charge in [-0.3, -0.25) is 0 Å². The molecule has 0 heterocycles. The zero-order valence-electron chi connectivity index (χ0n) is 73.4. The second-order valence-electron chi connectivity index (χ2n) is 40.6. The largest absolute Gasteiger partial charge is 0.0654 e. The van der Waals surface area contributed by atoms with Gasteiger partial charge in [-0.15, -0.1) is 0 Å². The number of aryl methyl sites for hydroxylation is 5. The van der Waals surface area contributed by atoms with Crippen molar-refractivity contribution in [1.29, 1.82) is 0 Å². The van der Waals surface area contributed by atoms with Crippen LogP contribution < -0.4 is 0 Å². The molecule has 0 bridgehead atoms. The minimum Gasteiger partial charge on any atom is -0.0654 e. The summed E-state index contributed by atoms with van der Waals surface area (Å²) in [4.78, 5) is 0. The molecule has 0 heteroatoms. The fourth-order valence-electron chi connectivity index (χ4n) is 25.1. The molecule has 0 amide bonds. The lowest BCUT2D eigenvalue weighted by atomic mass is 9.68. The van der Waals surface area contributed by atoms with Gasteiger partial charge in [-0.05, 0) is 373 Å². The van der Waals surface area contributed by atoms with Crippen LogP contribution in [0.2, 0.25) is 0 Å². The second kappa shape index (κ2) is 46.7. The standard InChI is InChI=1S/C24H38.C23H36.C22H34.C21H32.C20H30/c1-3-4-5-6-20-9-13-22(14-10-20)24-17-15-23(16-18-24)21-11-7-19(2)8-12-21;1-3-4-5-19-8-12-21(13-9-19)23-16-14-22(15-17-23)20-10-6-18(2)7-11-20;1-3-4-18-7-11-20(12-8-18)22-15-13-21(14-16-22)19-9-5-17(2)6-10-19;1-3-17-6-10-19(11-7-17)21-14-12-20(13-15-21)18-8-4-16(2)5-9-18;1-15-3-7-17(8-4-15)19-11-13-20(14-12-19)18-9-5-16(2)6-10-18/h7-8,11-12,20,22-24H,3-6,9-10,13-18H2,1-2H3;6-7,10-11,19,21-23H,3-5,8-9,12-17H2,1-2H3;5-6,9-10,18,20-22H,3-4,7-8,11-16H2,1-2H3;4-5,8-9,17,19-21H,3,6-7,10-15H2,1-2H3;3-4,7-8,16,18-20H,5-6,9-14H2,1-2H3. The van der Waals surface area contributed by atoms with Gasteiger partial charge in [0.1, 0.15) is 0 Å². The van der Waals surface area contributed by atoms with Crippen molar-refractivity contribution in [1.82, 2.24) is 0 Å². The first kappa shape index (κ1) is 86.9. The maximum absolute atomic E-state index is 2.44. The van der Waals surface area contributed by atoms with Gasteiger partial charge in [0.25, 0.3) is 0 Å². The predicted molar refractivity (Wildman–Crippen MR) is 481 cm³/mol. The predicted octanol–water partition coefficient (Wildman–Crippen LogP) is 34.4. The van der Waals surface area contributed by atoms with E-state index in [0.717, 1.165) is 118 Å². The average molecular weight is 1490 g/mol. The molecular weight excluding hydrogens is 1320 g/mol. The number of rotatable bonds is 20. The summed E-state index contributed by atoms with van der Waals surface area (Å²) < 4.78 is 0. The lowest BCUT2D eigenvalue weighted by molar-refractivity contribution is 0.155. The highest BCUT2D eigenvalue weighted by molar-refractivity contribution is 5.29.